The van der Waals surface area contributed by atoms with Gasteiger partial charge in [0.1, 0.15) is 23.0 Å². The number of methoxy groups -OCH3 is 2. The summed E-state index contributed by atoms with van der Waals surface area (Å²) in [5.74, 6) is 3.33. The van der Waals surface area contributed by atoms with Gasteiger partial charge in [0, 0.05) is 10.9 Å². The highest BCUT2D eigenvalue weighted by atomic mass is 16.5. The Morgan fingerprint density at radius 2 is 1.46 bits per heavy atom. The first-order chi connectivity index (χ1) is 18.2. The first-order valence-corrected chi connectivity index (χ1v) is 13.5. The third kappa shape index (κ3) is 6.26. The molecule has 0 amide bonds. The Hall–Kier alpha value is -3.50. The molecule has 0 saturated carbocycles. The van der Waals surface area contributed by atoms with E-state index in [0.29, 0.717) is 0 Å². The summed E-state index contributed by atoms with van der Waals surface area (Å²) in [7, 11) is 3.39. The summed E-state index contributed by atoms with van der Waals surface area (Å²) < 4.78 is 17.5. The Balaban J connectivity index is 1.34. The van der Waals surface area contributed by atoms with Crippen LogP contribution in [-0.2, 0) is 6.42 Å². The second kappa shape index (κ2) is 12.2. The number of unbranched alkanes of at least 4 members (excludes halogenated alkanes) is 1. The number of nitrogens with zero attached hydrogens (tertiary/aromatic N) is 1. The zero-order valence-corrected chi connectivity index (χ0v) is 22.0. The molecule has 0 radical (unpaired) electrons. The molecular formula is C33H37NO3. The molecule has 4 aromatic carbocycles. The van der Waals surface area contributed by atoms with Gasteiger partial charge in [-0.1, -0.05) is 36.8 Å². The van der Waals surface area contributed by atoms with Gasteiger partial charge in [-0.05, 0) is 117 Å². The zero-order chi connectivity index (χ0) is 25.5. The lowest BCUT2D eigenvalue weighted by Crippen LogP contribution is -2.30. The number of benzene rings is 4. The number of fused-ring (bicyclic) bond motifs is 1. The number of aryl methyl sites for hydroxylation is 1. The largest absolute Gasteiger partial charge is 0.497 e. The van der Waals surface area contributed by atoms with Crippen LogP contribution in [-0.4, -0.2) is 38.8 Å². The lowest BCUT2D eigenvalue weighted by atomic mass is 9.99. The van der Waals surface area contributed by atoms with Crippen LogP contribution in [0, 0.1) is 0 Å². The molecule has 1 heterocycles. The molecule has 37 heavy (non-hydrogen) atoms. The standard InChI is InChI=1S/C33H37NO3/c1-35-29-11-8-10-26(23-29)31-18-14-27-24-30(36-2)17-19-32(27)33(31)37-28-15-12-25(13-16-28)9-4-7-22-34-20-5-3-6-21-34/h8,10-19,23-24H,3-7,9,20-22H2,1-2H3. The molecule has 4 aromatic rings. The first-order valence-electron chi connectivity index (χ1n) is 13.5. The molecule has 1 saturated heterocycles. The van der Waals surface area contributed by atoms with Crippen molar-refractivity contribution in [1.29, 1.82) is 0 Å². The van der Waals surface area contributed by atoms with Crippen LogP contribution in [0.3, 0.4) is 0 Å². The van der Waals surface area contributed by atoms with Crippen LogP contribution < -0.4 is 14.2 Å². The van der Waals surface area contributed by atoms with Crippen molar-refractivity contribution in [2.75, 3.05) is 33.9 Å². The molecule has 0 aromatic heterocycles. The van der Waals surface area contributed by atoms with Crippen molar-refractivity contribution < 1.29 is 14.2 Å². The maximum atomic E-state index is 6.60. The van der Waals surface area contributed by atoms with Crippen LogP contribution in [0.15, 0.2) is 78.9 Å². The van der Waals surface area contributed by atoms with Gasteiger partial charge in [0.25, 0.3) is 0 Å². The van der Waals surface area contributed by atoms with Crippen LogP contribution in [0.4, 0.5) is 0 Å². The molecule has 1 aliphatic heterocycles. The molecule has 4 nitrogen and oxygen atoms in total. The van der Waals surface area contributed by atoms with E-state index >= 15 is 0 Å². The number of rotatable bonds is 10. The van der Waals surface area contributed by atoms with Crippen LogP contribution in [0.2, 0.25) is 0 Å². The van der Waals surface area contributed by atoms with Crippen molar-refractivity contribution in [2.24, 2.45) is 0 Å². The van der Waals surface area contributed by atoms with Gasteiger partial charge in [0.15, 0.2) is 0 Å². The van der Waals surface area contributed by atoms with Crippen LogP contribution in [0.5, 0.6) is 23.0 Å². The summed E-state index contributed by atoms with van der Waals surface area (Å²) in [6.45, 7) is 3.80. The maximum Gasteiger partial charge on any atom is 0.143 e. The Kier molecular flexibility index (Phi) is 8.27. The third-order valence-electron chi connectivity index (χ3n) is 7.34. The Morgan fingerprint density at radius 3 is 2.24 bits per heavy atom. The highest BCUT2D eigenvalue weighted by molar-refractivity contribution is 5.96. The Morgan fingerprint density at radius 1 is 0.703 bits per heavy atom. The van der Waals surface area contributed by atoms with E-state index in [-0.39, 0.29) is 0 Å². The number of ether oxygens (including phenoxy) is 3. The fourth-order valence-corrected chi connectivity index (χ4v) is 5.22. The molecule has 0 unspecified atom stereocenters. The van der Waals surface area contributed by atoms with Crippen LogP contribution >= 0.6 is 0 Å². The van der Waals surface area contributed by atoms with Gasteiger partial charge < -0.3 is 19.1 Å². The van der Waals surface area contributed by atoms with Crippen molar-refractivity contribution in [3.05, 3.63) is 84.4 Å². The summed E-state index contributed by atoms with van der Waals surface area (Å²) in [6.07, 6.45) is 7.73. The number of hydrogen-bond acceptors (Lipinski definition) is 4. The van der Waals surface area contributed by atoms with Crippen molar-refractivity contribution >= 4 is 10.8 Å². The molecule has 1 aliphatic rings. The summed E-state index contributed by atoms with van der Waals surface area (Å²) in [6, 6.07) is 27.0. The van der Waals surface area contributed by atoms with E-state index in [1.807, 2.05) is 30.3 Å². The fraction of sp³-hybridized carbons (Fsp3) is 0.333. The average molecular weight is 496 g/mol. The molecular weight excluding hydrogens is 458 g/mol. The van der Waals surface area contributed by atoms with Gasteiger partial charge in [-0.2, -0.15) is 0 Å². The topological polar surface area (TPSA) is 30.9 Å². The van der Waals surface area contributed by atoms with E-state index in [0.717, 1.165) is 51.3 Å². The molecule has 192 valence electrons. The van der Waals surface area contributed by atoms with Crippen molar-refractivity contribution in [2.45, 2.75) is 38.5 Å². The predicted molar refractivity (Wildman–Crippen MR) is 152 cm³/mol. The Labute approximate surface area is 220 Å². The minimum Gasteiger partial charge on any atom is -0.497 e. The smallest absolute Gasteiger partial charge is 0.143 e. The number of hydrogen-bond donors (Lipinski definition) is 0. The second-order valence-corrected chi connectivity index (χ2v) is 9.87. The van der Waals surface area contributed by atoms with E-state index in [2.05, 4.69) is 53.4 Å². The predicted octanol–water partition coefficient (Wildman–Crippen LogP) is 8.12. The summed E-state index contributed by atoms with van der Waals surface area (Å²) in [5.41, 5.74) is 3.44. The van der Waals surface area contributed by atoms with E-state index in [9.17, 15) is 0 Å². The molecule has 4 heteroatoms. The van der Waals surface area contributed by atoms with E-state index < -0.39 is 0 Å². The lowest BCUT2D eigenvalue weighted by Gasteiger charge is -2.26. The van der Waals surface area contributed by atoms with Crippen LogP contribution in [0.1, 0.15) is 37.7 Å². The summed E-state index contributed by atoms with van der Waals surface area (Å²) >= 11 is 0. The quantitative estimate of drug-likeness (QED) is 0.208. The van der Waals surface area contributed by atoms with Gasteiger partial charge in [-0.25, -0.2) is 0 Å². The van der Waals surface area contributed by atoms with Crippen molar-refractivity contribution in [1.82, 2.24) is 4.90 Å². The minimum absolute atomic E-state index is 0.822. The average Bonchev–Trinajstić information content (AvgIpc) is 2.96. The Bertz CT molecular complexity index is 1310. The normalized spacial score (nSPS) is 14.0. The van der Waals surface area contributed by atoms with Crippen LogP contribution in [0.25, 0.3) is 21.9 Å². The van der Waals surface area contributed by atoms with Gasteiger partial charge in [-0.15, -0.1) is 0 Å². The molecule has 0 atom stereocenters. The van der Waals surface area contributed by atoms with Crippen molar-refractivity contribution in [3.63, 3.8) is 0 Å². The fourth-order valence-electron chi connectivity index (χ4n) is 5.22. The monoisotopic (exact) mass is 495 g/mol. The van der Waals surface area contributed by atoms with E-state index in [4.69, 9.17) is 14.2 Å². The molecule has 1 fully saturated rings. The molecule has 5 rings (SSSR count). The van der Waals surface area contributed by atoms with Gasteiger partial charge in [0.2, 0.25) is 0 Å². The van der Waals surface area contributed by atoms with Crippen molar-refractivity contribution in [3.8, 4) is 34.1 Å². The van der Waals surface area contributed by atoms with E-state index in [1.54, 1.807) is 14.2 Å². The number of piperidine rings is 1. The minimum atomic E-state index is 0.822. The third-order valence-corrected chi connectivity index (χ3v) is 7.34. The molecule has 0 aliphatic carbocycles. The first kappa shape index (κ1) is 25.2. The highest BCUT2D eigenvalue weighted by Crippen LogP contribution is 2.41. The molecule has 0 N–H and O–H groups in total. The molecule has 0 bridgehead atoms. The lowest BCUT2D eigenvalue weighted by molar-refractivity contribution is 0.225. The summed E-state index contributed by atoms with van der Waals surface area (Å²) in [4.78, 5) is 2.63. The highest BCUT2D eigenvalue weighted by Gasteiger charge is 2.14. The second-order valence-electron chi connectivity index (χ2n) is 9.87. The SMILES string of the molecule is COc1cccc(-c2ccc3cc(OC)ccc3c2Oc2ccc(CCCCN3CCCCC3)cc2)c1. The zero-order valence-electron chi connectivity index (χ0n) is 22.0. The maximum absolute atomic E-state index is 6.60. The van der Waals surface area contributed by atoms with Gasteiger partial charge in [0.05, 0.1) is 14.2 Å². The summed E-state index contributed by atoms with van der Waals surface area (Å²) in [5, 5.41) is 2.12. The van der Waals surface area contributed by atoms with Gasteiger partial charge >= 0.3 is 0 Å². The van der Waals surface area contributed by atoms with Gasteiger partial charge in [-0.3, -0.25) is 0 Å². The van der Waals surface area contributed by atoms with E-state index in [1.165, 1.54) is 57.3 Å². The molecule has 0 spiro atoms. The number of likely N-dealkylation sites (tertiary alicyclic amines) is 1.